The molecule has 3 aromatic rings. The van der Waals surface area contributed by atoms with Crippen molar-refractivity contribution in [2.45, 2.75) is 10.8 Å². The van der Waals surface area contributed by atoms with Crippen molar-refractivity contribution in [1.82, 2.24) is 15.0 Å². The first-order valence-electron chi connectivity index (χ1n) is 8.54. The molecular weight excluding hydrogens is 388 g/mol. The predicted molar refractivity (Wildman–Crippen MR) is 108 cm³/mol. The monoisotopic (exact) mass is 404 g/mol. The molecule has 0 amide bonds. The van der Waals surface area contributed by atoms with Gasteiger partial charge in [-0.3, -0.25) is 9.97 Å². The van der Waals surface area contributed by atoms with Gasteiger partial charge in [-0.2, -0.15) is 10.5 Å². The van der Waals surface area contributed by atoms with Gasteiger partial charge in [-0.1, -0.05) is 17.8 Å². The summed E-state index contributed by atoms with van der Waals surface area (Å²) in [4.78, 5) is 12.8. The fraction of sp³-hybridized carbons (Fsp3) is 0.150. The number of pyridine rings is 3. The van der Waals surface area contributed by atoms with Crippen LogP contribution in [0.5, 0.6) is 5.75 Å². The van der Waals surface area contributed by atoms with Crippen LogP contribution in [0.15, 0.2) is 47.8 Å². The van der Waals surface area contributed by atoms with Gasteiger partial charge in [-0.25, -0.2) is 4.98 Å². The second kappa shape index (κ2) is 9.51. The molecule has 0 aromatic carbocycles. The molecule has 3 N–H and O–H groups in total. The Morgan fingerprint density at radius 2 is 1.93 bits per heavy atom. The molecule has 3 aromatic heterocycles. The third-order valence-electron chi connectivity index (χ3n) is 3.85. The number of hydrogen-bond acceptors (Lipinski definition) is 9. The van der Waals surface area contributed by atoms with E-state index < -0.39 is 0 Å². The van der Waals surface area contributed by atoms with Crippen molar-refractivity contribution in [3.05, 3.63) is 59.5 Å². The van der Waals surface area contributed by atoms with Crippen LogP contribution in [-0.4, -0.2) is 33.3 Å². The van der Waals surface area contributed by atoms with Gasteiger partial charge in [0.05, 0.1) is 29.8 Å². The SMILES string of the molecule is N#Cc1c(N)nc(SCc2ccccn2)c(C#N)c1-c1ccc(OCCO)cn1. The molecule has 0 aliphatic heterocycles. The fourth-order valence-corrected chi connectivity index (χ4v) is 3.47. The van der Waals surface area contributed by atoms with Gasteiger partial charge >= 0.3 is 0 Å². The van der Waals surface area contributed by atoms with Crippen molar-refractivity contribution >= 4 is 17.6 Å². The Kier molecular flexibility index (Phi) is 6.59. The smallest absolute Gasteiger partial charge is 0.143 e. The Morgan fingerprint density at radius 1 is 1.10 bits per heavy atom. The average Bonchev–Trinajstić information content (AvgIpc) is 2.76. The molecule has 0 saturated carbocycles. The number of thioether (sulfide) groups is 1. The molecule has 0 unspecified atom stereocenters. The van der Waals surface area contributed by atoms with Gasteiger partial charge in [-0.15, -0.1) is 0 Å². The zero-order valence-corrected chi connectivity index (χ0v) is 16.1. The lowest BCUT2D eigenvalue weighted by Gasteiger charge is -2.12. The van der Waals surface area contributed by atoms with Gasteiger partial charge in [0.25, 0.3) is 0 Å². The summed E-state index contributed by atoms with van der Waals surface area (Å²) in [5.74, 6) is 0.994. The van der Waals surface area contributed by atoms with Crippen LogP contribution in [0.4, 0.5) is 5.82 Å². The van der Waals surface area contributed by atoms with E-state index in [0.717, 1.165) is 5.69 Å². The Labute approximate surface area is 171 Å². The van der Waals surface area contributed by atoms with Crippen LogP contribution >= 0.6 is 11.8 Å². The summed E-state index contributed by atoms with van der Waals surface area (Å²) < 4.78 is 5.30. The molecule has 9 heteroatoms. The molecule has 0 spiro atoms. The maximum Gasteiger partial charge on any atom is 0.143 e. The number of nitriles is 2. The van der Waals surface area contributed by atoms with Crippen LogP contribution in [0, 0.1) is 22.7 Å². The van der Waals surface area contributed by atoms with Gasteiger partial charge in [0.1, 0.15) is 40.9 Å². The molecule has 3 rings (SSSR count). The highest BCUT2D eigenvalue weighted by Crippen LogP contribution is 2.35. The molecule has 0 aliphatic carbocycles. The molecule has 0 bridgehead atoms. The minimum Gasteiger partial charge on any atom is -0.490 e. The van der Waals surface area contributed by atoms with Crippen molar-refractivity contribution in [1.29, 1.82) is 10.5 Å². The molecular formula is C20H16N6O2S. The quantitative estimate of drug-likeness (QED) is 0.568. The minimum atomic E-state index is -0.114. The van der Waals surface area contributed by atoms with Gasteiger partial charge < -0.3 is 15.6 Å². The van der Waals surface area contributed by atoms with E-state index in [4.69, 9.17) is 15.6 Å². The molecule has 0 aliphatic rings. The number of anilines is 1. The van der Waals surface area contributed by atoms with Gasteiger partial charge in [-0.05, 0) is 24.3 Å². The molecule has 3 heterocycles. The first kappa shape index (κ1) is 20.1. The van der Waals surface area contributed by atoms with Crippen LogP contribution in [-0.2, 0) is 5.75 Å². The fourth-order valence-electron chi connectivity index (χ4n) is 2.56. The van der Waals surface area contributed by atoms with Crippen molar-refractivity contribution in [3.8, 4) is 29.1 Å². The third-order valence-corrected chi connectivity index (χ3v) is 4.86. The summed E-state index contributed by atoms with van der Waals surface area (Å²) in [5, 5.41) is 28.6. The molecule has 0 radical (unpaired) electrons. The third kappa shape index (κ3) is 4.61. The van der Waals surface area contributed by atoms with Crippen molar-refractivity contribution in [2.24, 2.45) is 0 Å². The number of nitrogens with two attached hydrogens (primary N) is 1. The Morgan fingerprint density at radius 3 is 2.55 bits per heavy atom. The van der Waals surface area contributed by atoms with Crippen LogP contribution in [0.2, 0.25) is 0 Å². The number of aromatic nitrogens is 3. The van der Waals surface area contributed by atoms with Gasteiger partial charge in [0.15, 0.2) is 0 Å². The second-order valence-electron chi connectivity index (χ2n) is 5.71. The zero-order chi connectivity index (χ0) is 20.6. The van der Waals surface area contributed by atoms with E-state index in [0.29, 0.717) is 27.8 Å². The number of hydrogen-bond donors (Lipinski definition) is 2. The lowest BCUT2D eigenvalue weighted by molar-refractivity contribution is 0.201. The maximum atomic E-state index is 9.79. The van der Waals surface area contributed by atoms with Gasteiger partial charge in [0.2, 0.25) is 0 Å². The maximum absolute atomic E-state index is 9.79. The minimum absolute atomic E-state index is 0.0347. The molecule has 0 atom stereocenters. The summed E-state index contributed by atoms with van der Waals surface area (Å²) in [7, 11) is 0. The normalized spacial score (nSPS) is 10.2. The van der Waals surface area contributed by atoms with E-state index in [1.807, 2.05) is 24.3 Å². The highest BCUT2D eigenvalue weighted by Gasteiger charge is 2.21. The average molecular weight is 404 g/mol. The summed E-state index contributed by atoms with van der Waals surface area (Å²) >= 11 is 1.32. The zero-order valence-electron chi connectivity index (χ0n) is 15.2. The standard InChI is InChI=1S/C20H16N6O2S/c21-9-15-18(17-5-4-14(11-25-17)28-8-7-27)16(10-22)20(26-19(15)23)29-12-13-3-1-2-6-24-13/h1-6,11,27H,7-8,12H2,(H2,23,26). The van der Waals surface area contributed by atoms with Crippen LogP contribution in [0.25, 0.3) is 11.3 Å². The Balaban J connectivity index is 2.02. The van der Waals surface area contributed by atoms with Crippen LogP contribution in [0.1, 0.15) is 16.8 Å². The Hall–Kier alpha value is -3.66. The number of nitrogens with zero attached hydrogens (tertiary/aromatic N) is 5. The summed E-state index contributed by atoms with van der Waals surface area (Å²) in [6.07, 6.45) is 3.15. The van der Waals surface area contributed by atoms with Crippen molar-refractivity contribution in [3.63, 3.8) is 0 Å². The van der Waals surface area contributed by atoms with Crippen LogP contribution in [0.3, 0.4) is 0 Å². The number of nitrogen functional groups attached to an aromatic ring is 1. The van der Waals surface area contributed by atoms with E-state index in [-0.39, 0.29) is 30.2 Å². The lowest BCUT2D eigenvalue weighted by Crippen LogP contribution is -2.05. The first-order chi connectivity index (χ1) is 14.2. The molecule has 144 valence electrons. The summed E-state index contributed by atoms with van der Waals surface area (Å²) in [5.41, 5.74) is 7.90. The summed E-state index contributed by atoms with van der Waals surface area (Å²) in [6.45, 7) is 0.0289. The second-order valence-corrected chi connectivity index (χ2v) is 6.68. The Bertz CT molecular complexity index is 1080. The van der Waals surface area contributed by atoms with E-state index >= 15 is 0 Å². The largest absolute Gasteiger partial charge is 0.490 e. The summed E-state index contributed by atoms with van der Waals surface area (Å²) in [6, 6.07) is 13.0. The van der Waals surface area contributed by atoms with E-state index in [1.54, 1.807) is 18.3 Å². The number of aliphatic hydroxyl groups excluding tert-OH is 1. The molecule has 0 saturated heterocycles. The van der Waals surface area contributed by atoms with Crippen molar-refractivity contribution < 1.29 is 9.84 Å². The molecule has 0 fully saturated rings. The highest BCUT2D eigenvalue weighted by atomic mass is 32.2. The topological polar surface area (TPSA) is 142 Å². The van der Waals surface area contributed by atoms with Crippen LogP contribution < -0.4 is 10.5 Å². The molecule has 8 nitrogen and oxygen atoms in total. The first-order valence-corrected chi connectivity index (χ1v) is 9.53. The van der Waals surface area contributed by atoms with Gasteiger partial charge in [0, 0.05) is 17.5 Å². The van der Waals surface area contributed by atoms with Crippen molar-refractivity contribution in [2.75, 3.05) is 18.9 Å². The lowest BCUT2D eigenvalue weighted by atomic mass is 10.0. The predicted octanol–water partition coefficient (Wildman–Crippen LogP) is 2.53. The van der Waals surface area contributed by atoms with E-state index in [2.05, 4.69) is 21.0 Å². The van der Waals surface area contributed by atoms with E-state index in [1.165, 1.54) is 18.0 Å². The number of rotatable bonds is 7. The highest BCUT2D eigenvalue weighted by molar-refractivity contribution is 7.98. The number of ether oxygens (including phenoxy) is 1. The van der Waals surface area contributed by atoms with E-state index in [9.17, 15) is 10.5 Å². The molecule has 29 heavy (non-hydrogen) atoms. The number of aliphatic hydroxyl groups is 1.